The van der Waals surface area contributed by atoms with Crippen molar-refractivity contribution in [3.8, 4) is 22.8 Å². The molecule has 1 heterocycles. The van der Waals surface area contributed by atoms with E-state index in [4.69, 9.17) is 13.9 Å². The molecule has 0 bridgehead atoms. The Balaban J connectivity index is 1.55. The minimum atomic E-state index is -0.477. The first-order valence-corrected chi connectivity index (χ1v) is 10.3. The molecule has 0 saturated carbocycles. The molecule has 0 atom stereocenters. The molecule has 1 amide bonds. The van der Waals surface area contributed by atoms with Crippen molar-refractivity contribution in [2.45, 2.75) is 0 Å². The van der Waals surface area contributed by atoms with Gasteiger partial charge in [-0.15, -0.1) is 0 Å². The SMILES string of the molecule is COc1cc(Br)cc(Br)c1OCC(=O)NN=Cc1ccc(-c2ccc([N+](=O)[O-])cc2)o1. The molecule has 11 heteroatoms. The fourth-order valence-corrected chi connectivity index (χ4v) is 3.79. The predicted molar refractivity (Wildman–Crippen MR) is 120 cm³/mol. The summed E-state index contributed by atoms with van der Waals surface area (Å²) < 4.78 is 17.8. The van der Waals surface area contributed by atoms with E-state index in [0.717, 1.165) is 4.47 Å². The monoisotopic (exact) mass is 551 g/mol. The number of carbonyl (C=O) groups excluding carboxylic acids is 1. The Morgan fingerprint density at radius 1 is 1.23 bits per heavy atom. The Kier molecular flexibility index (Phi) is 7.42. The third-order valence-electron chi connectivity index (χ3n) is 3.91. The lowest BCUT2D eigenvalue weighted by atomic mass is 10.1. The van der Waals surface area contributed by atoms with Crippen molar-refractivity contribution in [1.29, 1.82) is 0 Å². The number of hydrogen-bond donors (Lipinski definition) is 1. The Hall–Kier alpha value is -3.18. The van der Waals surface area contributed by atoms with E-state index in [0.29, 0.717) is 33.1 Å². The molecule has 0 aliphatic carbocycles. The van der Waals surface area contributed by atoms with E-state index in [9.17, 15) is 14.9 Å². The first-order chi connectivity index (χ1) is 14.9. The van der Waals surface area contributed by atoms with Crippen LogP contribution in [0.1, 0.15) is 5.76 Å². The van der Waals surface area contributed by atoms with Crippen LogP contribution in [-0.2, 0) is 4.79 Å². The second-order valence-electron chi connectivity index (χ2n) is 6.01. The van der Waals surface area contributed by atoms with Crippen LogP contribution in [0.3, 0.4) is 0 Å². The fraction of sp³-hybridized carbons (Fsp3) is 0.100. The van der Waals surface area contributed by atoms with E-state index < -0.39 is 10.8 Å². The van der Waals surface area contributed by atoms with Crippen LogP contribution in [0.4, 0.5) is 5.69 Å². The smallest absolute Gasteiger partial charge is 0.277 e. The topological polar surface area (TPSA) is 116 Å². The van der Waals surface area contributed by atoms with Crippen LogP contribution >= 0.6 is 31.9 Å². The number of carbonyl (C=O) groups is 1. The van der Waals surface area contributed by atoms with Crippen molar-refractivity contribution < 1.29 is 23.6 Å². The summed E-state index contributed by atoms with van der Waals surface area (Å²) in [5, 5.41) is 14.6. The molecule has 31 heavy (non-hydrogen) atoms. The lowest BCUT2D eigenvalue weighted by molar-refractivity contribution is -0.384. The molecule has 0 unspecified atom stereocenters. The van der Waals surface area contributed by atoms with Crippen molar-refractivity contribution in [1.82, 2.24) is 5.43 Å². The maximum atomic E-state index is 12.0. The second kappa shape index (κ2) is 10.2. The summed E-state index contributed by atoms with van der Waals surface area (Å²) in [6, 6.07) is 12.8. The molecule has 2 aromatic carbocycles. The van der Waals surface area contributed by atoms with Gasteiger partial charge in [-0.05, 0) is 52.3 Å². The molecule has 0 fully saturated rings. The summed E-state index contributed by atoms with van der Waals surface area (Å²) in [5.41, 5.74) is 3.02. The number of rotatable bonds is 8. The van der Waals surface area contributed by atoms with Gasteiger partial charge in [0.25, 0.3) is 11.6 Å². The van der Waals surface area contributed by atoms with Crippen LogP contribution in [0.25, 0.3) is 11.3 Å². The molecular formula is C20H15Br2N3O6. The Bertz CT molecular complexity index is 1130. The van der Waals surface area contributed by atoms with E-state index in [1.165, 1.54) is 25.5 Å². The lowest BCUT2D eigenvalue weighted by Gasteiger charge is -2.12. The summed E-state index contributed by atoms with van der Waals surface area (Å²) >= 11 is 6.71. The molecule has 1 aromatic heterocycles. The maximum Gasteiger partial charge on any atom is 0.277 e. The zero-order valence-electron chi connectivity index (χ0n) is 16.0. The van der Waals surface area contributed by atoms with Gasteiger partial charge in [0.1, 0.15) is 11.5 Å². The molecule has 0 aliphatic heterocycles. The quantitative estimate of drug-likeness (QED) is 0.241. The number of amides is 1. The molecule has 0 aliphatic rings. The number of nitrogens with zero attached hydrogens (tertiary/aromatic N) is 2. The Morgan fingerprint density at radius 3 is 2.65 bits per heavy atom. The van der Waals surface area contributed by atoms with Gasteiger partial charge < -0.3 is 13.9 Å². The molecule has 3 aromatic rings. The van der Waals surface area contributed by atoms with Crippen LogP contribution in [0.2, 0.25) is 0 Å². The molecule has 0 spiro atoms. The third-order valence-corrected chi connectivity index (χ3v) is 4.96. The highest BCUT2D eigenvalue weighted by Crippen LogP contribution is 2.38. The Morgan fingerprint density at radius 2 is 1.97 bits per heavy atom. The highest BCUT2D eigenvalue weighted by molar-refractivity contribution is 9.11. The van der Waals surface area contributed by atoms with Crippen LogP contribution in [0.5, 0.6) is 11.5 Å². The van der Waals surface area contributed by atoms with Gasteiger partial charge in [0.15, 0.2) is 18.1 Å². The van der Waals surface area contributed by atoms with E-state index in [1.807, 2.05) is 0 Å². The van der Waals surface area contributed by atoms with Crippen LogP contribution in [0, 0.1) is 10.1 Å². The standard InChI is InChI=1S/C20H15Br2N3O6/c1-29-18-9-13(21)8-16(22)20(18)30-11-19(26)24-23-10-15-6-7-17(31-15)12-2-4-14(5-3-12)25(27)28/h2-10H,11H2,1H3,(H,24,26). The van der Waals surface area contributed by atoms with Gasteiger partial charge >= 0.3 is 0 Å². The Labute approximate surface area is 193 Å². The van der Waals surface area contributed by atoms with Gasteiger partial charge in [0.2, 0.25) is 0 Å². The molecule has 9 nitrogen and oxygen atoms in total. The van der Waals surface area contributed by atoms with Crippen molar-refractivity contribution in [3.63, 3.8) is 0 Å². The molecular weight excluding hydrogens is 538 g/mol. The minimum Gasteiger partial charge on any atom is -0.493 e. The summed E-state index contributed by atoms with van der Waals surface area (Å²) in [5.74, 6) is 1.29. The van der Waals surface area contributed by atoms with Crippen molar-refractivity contribution in [2.24, 2.45) is 5.10 Å². The summed E-state index contributed by atoms with van der Waals surface area (Å²) in [7, 11) is 1.50. The molecule has 160 valence electrons. The largest absolute Gasteiger partial charge is 0.493 e. The first kappa shape index (κ1) is 22.5. The van der Waals surface area contributed by atoms with Crippen molar-refractivity contribution in [2.75, 3.05) is 13.7 Å². The number of nitro benzene ring substituents is 1. The number of ether oxygens (including phenoxy) is 2. The van der Waals surface area contributed by atoms with Gasteiger partial charge in [-0.3, -0.25) is 14.9 Å². The lowest BCUT2D eigenvalue weighted by Crippen LogP contribution is -2.24. The third kappa shape index (κ3) is 5.92. The number of hydrazone groups is 1. The molecule has 0 saturated heterocycles. The van der Waals surface area contributed by atoms with Crippen LogP contribution < -0.4 is 14.9 Å². The highest BCUT2D eigenvalue weighted by atomic mass is 79.9. The van der Waals surface area contributed by atoms with E-state index >= 15 is 0 Å². The average Bonchev–Trinajstić information content (AvgIpc) is 3.21. The number of nitro groups is 1. The highest BCUT2D eigenvalue weighted by Gasteiger charge is 2.13. The zero-order valence-corrected chi connectivity index (χ0v) is 19.2. The normalized spacial score (nSPS) is 10.8. The number of non-ortho nitro benzene ring substituents is 1. The predicted octanol–water partition coefficient (Wildman–Crippen LogP) is 4.92. The van der Waals surface area contributed by atoms with Crippen molar-refractivity contribution in [3.05, 3.63) is 73.4 Å². The van der Waals surface area contributed by atoms with E-state index in [-0.39, 0.29) is 12.3 Å². The number of nitrogens with one attached hydrogen (secondary N) is 1. The summed E-state index contributed by atoms with van der Waals surface area (Å²) in [4.78, 5) is 22.3. The fourth-order valence-electron chi connectivity index (χ4n) is 2.49. The number of methoxy groups -OCH3 is 1. The first-order valence-electron chi connectivity index (χ1n) is 8.70. The van der Waals surface area contributed by atoms with Crippen LogP contribution in [-0.4, -0.2) is 30.8 Å². The van der Waals surface area contributed by atoms with Gasteiger partial charge in [-0.25, -0.2) is 5.43 Å². The average molecular weight is 553 g/mol. The van der Waals surface area contributed by atoms with Crippen molar-refractivity contribution >= 4 is 49.7 Å². The van der Waals surface area contributed by atoms with Crippen LogP contribution in [0.15, 0.2) is 67.0 Å². The molecule has 3 rings (SSSR count). The van der Waals surface area contributed by atoms with E-state index in [1.54, 1.807) is 36.4 Å². The zero-order chi connectivity index (χ0) is 22.4. The summed E-state index contributed by atoms with van der Waals surface area (Å²) in [6.07, 6.45) is 1.34. The molecule has 1 N–H and O–H groups in total. The minimum absolute atomic E-state index is 0.00481. The number of halogens is 2. The number of furan rings is 1. The second-order valence-corrected chi connectivity index (χ2v) is 7.78. The number of hydrogen-bond acceptors (Lipinski definition) is 7. The maximum absolute atomic E-state index is 12.0. The van der Waals surface area contributed by atoms with Gasteiger partial charge in [-0.2, -0.15) is 5.10 Å². The number of benzene rings is 2. The van der Waals surface area contributed by atoms with Gasteiger partial charge in [-0.1, -0.05) is 15.9 Å². The summed E-state index contributed by atoms with van der Waals surface area (Å²) in [6.45, 7) is -0.278. The van der Waals surface area contributed by atoms with Gasteiger partial charge in [0.05, 0.1) is 22.7 Å². The molecule has 0 radical (unpaired) electrons. The van der Waals surface area contributed by atoms with E-state index in [2.05, 4.69) is 42.4 Å². The van der Waals surface area contributed by atoms with Gasteiger partial charge in [0, 0.05) is 22.2 Å².